The third-order valence-corrected chi connectivity index (χ3v) is 5.09. The molecule has 0 fully saturated rings. The zero-order chi connectivity index (χ0) is 20.6. The van der Waals surface area contributed by atoms with Crippen molar-refractivity contribution >= 4 is 40.4 Å². The summed E-state index contributed by atoms with van der Waals surface area (Å²) >= 11 is 7.63. The smallest absolute Gasteiger partial charge is 0.252 e. The first kappa shape index (κ1) is 20.9. The quantitative estimate of drug-likeness (QED) is 0.534. The van der Waals surface area contributed by atoms with Crippen molar-refractivity contribution in [2.24, 2.45) is 0 Å². The van der Waals surface area contributed by atoms with Gasteiger partial charge in [0.2, 0.25) is 5.91 Å². The Kier molecular flexibility index (Phi) is 7.29. The van der Waals surface area contributed by atoms with Gasteiger partial charge in [-0.3, -0.25) is 14.6 Å². The third kappa shape index (κ3) is 5.83. The molecule has 2 amide bonds. The average Bonchev–Trinajstić information content (AvgIpc) is 3.17. The van der Waals surface area contributed by atoms with Crippen molar-refractivity contribution in [1.82, 2.24) is 15.3 Å². The molecule has 0 saturated carbocycles. The van der Waals surface area contributed by atoms with Crippen molar-refractivity contribution in [1.29, 1.82) is 0 Å². The molecule has 0 radical (unpaired) electrons. The van der Waals surface area contributed by atoms with E-state index in [0.29, 0.717) is 30.1 Å². The van der Waals surface area contributed by atoms with Gasteiger partial charge in [0.1, 0.15) is 5.01 Å². The van der Waals surface area contributed by atoms with Crippen LogP contribution in [0.3, 0.4) is 0 Å². The number of benzene rings is 1. The topological polar surface area (TPSA) is 93.2 Å². The lowest BCUT2D eigenvalue weighted by Crippen LogP contribution is -2.27. The molecule has 2 aromatic heterocycles. The number of nitrogens with one attached hydrogen (secondary N) is 2. The normalized spacial score (nSPS) is 10.6. The van der Waals surface area contributed by atoms with Crippen LogP contribution >= 0.6 is 22.9 Å². The molecule has 150 valence electrons. The number of carbonyl (C=O) groups is 2. The number of ether oxygens (including phenoxy) is 1. The molecule has 0 bridgehead atoms. The van der Waals surface area contributed by atoms with E-state index in [2.05, 4.69) is 20.6 Å². The Morgan fingerprint density at radius 3 is 2.83 bits per heavy atom. The number of amides is 2. The van der Waals surface area contributed by atoms with Gasteiger partial charge in [-0.2, -0.15) is 0 Å². The van der Waals surface area contributed by atoms with Crippen LogP contribution in [0, 0.1) is 0 Å². The Morgan fingerprint density at radius 2 is 2.10 bits per heavy atom. The fraction of sp³-hybridized carbons (Fsp3) is 0.200. The zero-order valence-corrected chi connectivity index (χ0v) is 17.2. The first-order chi connectivity index (χ1) is 14.1. The minimum atomic E-state index is -0.297. The SMILES string of the molecule is COCCNC(=O)c1ccc(NC(=O)Cc2csc(-c3ccccn3)n2)cc1Cl. The highest BCUT2D eigenvalue weighted by Gasteiger charge is 2.13. The van der Waals surface area contributed by atoms with E-state index in [1.165, 1.54) is 11.3 Å². The van der Waals surface area contributed by atoms with Gasteiger partial charge in [-0.1, -0.05) is 17.7 Å². The van der Waals surface area contributed by atoms with Crippen LogP contribution in [-0.2, 0) is 16.0 Å². The first-order valence-corrected chi connectivity index (χ1v) is 10.0. The van der Waals surface area contributed by atoms with E-state index >= 15 is 0 Å². The summed E-state index contributed by atoms with van der Waals surface area (Å²) < 4.78 is 4.89. The Labute approximate surface area is 177 Å². The highest BCUT2D eigenvalue weighted by molar-refractivity contribution is 7.13. The molecule has 2 heterocycles. The van der Waals surface area contributed by atoms with Gasteiger partial charge < -0.3 is 15.4 Å². The molecule has 3 rings (SSSR count). The second-order valence-corrected chi connectivity index (χ2v) is 7.29. The van der Waals surface area contributed by atoms with Crippen molar-refractivity contribution in [3.05, 3.63) is 64.3 Å². The molecule has 0 unspecified atom stereocenters. The number of carbonyl (C=O) groups excluding carboxylic acids is 2. The van der Waals surface area contributed by atoms with E-state index in [4.69, 9.17) is 16.3 Å². The number of nitrogens with zero attached hydrogens (tertiary/aromatic N) is 2. The predicted molar refractivity (Wildman–Crippen MR) is 113 cm³/mol. The molecule has 7 nitrogen and oxygen atoms in total. The maximum absolute atomic E-state index is 12.3. The van der Waals surface area contributed by atoms with E-state index < -0.39 is 0 Å². The predicted octanol–water partition coefficient (Wildman–Crippen LogP) is 3.42. The fourth-order valence-electron chi connectivity index (χ4n) is 2.50. The summed E-state index contributed by atoms with van der Waals surface area (Å²) in [4.78, 5) is 33.1. The molecule has 1 aromatic carbocycles. The van der Waals surface area contributed by atoms with Crippen LogP contribution < -0.4 is 10.6 Å². The van der Waals surface area contributed by atoms with Crippen LogP contribution in [0.2, 0.25) is 5.02 Å². The lowest BCUT2D eigenvalue weighted by Gasteiger charge is -2.09. The van der Waals surface area contributed by atoms with E-state index in [1.807, 2.05) is 23.6 Å². The third-order valence-electron chi connectivity index (χ3n) is 3.87. The van der Waals surface area contributed by atoms with Gasteiger partial charge in [-0.05, 0) is 30.3 Å². The number of thiazole rings is 1. The number of anilines is 1. The van der Waals surface area contributed by atoms with Crippen LogP contribution in [-0.4, -0.2) is 42.0 Å². The number of halogens is 1. The van der Waals surface area contributed by atoms with Gasteiger partial charge >= 0.3 is 0 Å². The Balaban J connectivity index is 1.59. The molecule has 29 heavy (non-hydrogen) atoms. The number of aromatic nitrogens is 2. The number of pyridine rings is 1. The van der Waals surface area contributed by atoms with Crippen LogP contribution in [0.5, 0.6) is 0 Å². The van der Waals surface area contributed by atoms with E-state index in [0.717, 1.165) is 10.7 Å². The van der Waals surface area contributed by atoms with Crippen LogP contribution in [0.15, 0.2) is 48.0 Å². The molecule has 0 saturated heterocycles. The monoisotopic (exact) mass is 430 g/mol. The molecule has 0 atom stereocenters. The Bertz CT molecular complexity index is 994. The van der Waals surface area contributed by atoms with Gasteiger partial charge in [-0.25, -0.2) is 4.98 Å². The molecule has 0 spiro atoms. The van der Waals surface area contributed by atoms with Gasteiger partial charge in [0.15, 0.2) is 0 Å². The molecule has 3 aromatic rings. The molecular weight excluding hydrogens is 412 g/mol. The van der Waals surface area contributed by atoms with E-state index in [-0.39, 0.29) is 23.3 Å². The van der Waals surface area contributed by atoms with Crippen LogP contribution in [0.4, 0.5) is 5.69 Å². The minimum Gasteiger partial charge on any atom is -0.383 e. The standard InChI is InChI=1S/C20H19ClN4O3S/c1-28-9-8-23-19(27)15-6-5-13(10-16(15)21)24-18(26)11-14-12-29-20(25-14)17-4-2-3-7-22-17/h2-7,10,12H,8-9,11H2,1H3,(H,23,27)(H,24,26). The van der Waals surface area contributed by atoms with E-state index in [9.17, 15) is 9.59 Å². The van der Waals surface area contributed by atoms with Gasteiger partial charge in [0.05, 0.1) is 35.0 Å². The fourth-order valence-corrected chi connectivity index (χ4v) is 3.57. The molecule has 0 aliphatic rings. The molecule has 9 heteroatoms. The van der Waals surface area contributed by atoms with Crippen molar-refractivity contribution in [2.75, 3.05) is 25.6 Å². The lowest BCUT2D eigenvalue weighted by atomic mass is 10.2. The summed E-state index contributed by atoms with van der Waals surface area (Å²) in [5.41, 5.74) is 2.28. The highest BCUT2D eigenvalue weighted by atomic mass is 35.5. The minimum absolute atomic E-state index is 0.125. The number of methoxy groups -OCH3 is 1. The largest absolute Gasteiger partial charge is 0.383 e. The van der Waals surface area contributed by atoms with Crippen LogP contribution in [0.25, 0.3) is 10.7 Å². The molecule has 0 aliphatic heterocycles. The second-order valence-electron chi connectivity index (χ2n) is 6.03. The number of hydrogen-bond acceptors (Lipinski definition) is 6. The molecular formula is C20H19ClN4O3S. The van der Waals surface area contributed by atoms with Crippen molar-refractivity contribution in [3.63, 3.8) is 0 Å². The Morgan fingerprint density at radius 1 is 1.24 bits per heavy atom. The summed E-state index contributed by atoms with van der Waals surface area (Å²) in [6, 6.07) is 10.4. The number of rotatable bonds is 8. The maximum Gasteiger partial charge on any atom is 0.252 e. The summed E-state index contributed by atoms with van der Waals surface area (Å²) in [7, 11) is 1.56. The maximum atomic E-state index is 12.3. The molecule has 0 aliphatic carbocycles. The van der Waals surface area contributed by atoms with Gasteiger partial charge in [0.25, 0.3) is 5.91 Å². The van der Waals surface area contributed by atoms with Gasteiger partial charge in [0, 0.05) is 30.9 Å². The van der Waals surface area contributed by atoms with Gasteiger partial charge in [-0.15, -0.1) is 11.3 Å². The Hall–Kier alpha value is -2.81. The van der Waals surface area contributed by atoms with Crippen molar-refractivity contribution in [3.8, 4) is 10.7 Å². The van der Waals surface area contributed by atoms with E-state index in [1.54, 1.807) is 31.5 Å². The lowest BCUT2D eigenvalue weighted by molar-refractivity contribution is -0.115. The summed E-state index contributed by atoms with van der Waals surface area (Å²) in [6.45, 7) is 0.800. The summed E-state index contributed by atoms with van der Waals surface area (Å²) in [5.74, 6) is -0.523. The number of hydrogen-bond donors (Lipinski definition) is 2. The summed E-state index contributed by atoms with van der Waals surface area (Å²) in [5, 5.41) is 8.33. The average molecular weight is 431 g/mol. The first-order valence-electron chi connectivity index (χ1n) is 8.79. The van der Waals surface area contributed by atoms with Crippen LogP contribution in [0.1, 0.15) is 16.1 Å². The van der Waals surface area contributed by atoms with Crippen molar-refractivity contribution in [2.45, 2.75) is 6.42 Å². The zero-order valence-electron chi connectivity index (χ0n) is 15.6. The second kappa shape index (κ2) is 10.1. The summed E-state index contributed by atoms with van der Waals surface area (Å²) in [6.07, 6.45) is 1.83. The van der Waals surface area contributed by atoms with Crippen molar-refractivity contribution < 1.29 is 14.3 Å². The highest BCUT2D eigenvalue weighted by Crippen LogP contribution is 2.23. The molecule has 2 N–H and O–H groups in total.